The molecule has 0 fully saturated rings. The summed E-state index contributed by atoms with van der Waals surface area (Å²) < 4.78 is 43.3. The lowest BCUT2D eigenvalue weighted by Crippen LogP contribution is -2.33. The Balaban J connectivity index is 0.00000162. The van der Waals surface area contributed by atoms with Gasteiger partial charge in [-0.25, -0.2) is 15.0 Å². The first-order valence-corrected chi connectivity index (χ1v) is 12.8. The van der Waals surface area contributed by atoms with E-state index in [1.54, 1.807) is 25.1 Å². The number of carboxylic acid groups (broad SMARTS) is 2. The molecular weight excluding hydrogens is 577 g/mol. The van der Waals surface area contributed by atoms with Crippen molar-refractivity contribution in [3.63, 3.8) is 0 Å². The Kier molecular flexibility index (Phi) is 10.8. The summed E-state index contributed by atoms with van der Waals surface area (Å²) in [4.78, 5) is 46.4. The maximum atomic E-state index is 13.7. The Hall–Kier alpha value is -5.03. The molecule has 0 radical (unpaired) electrons. The number of benzene rings is 1. The molecule has 0 unspecified atom stereocenters. The van der Waals surface area contributed by atoms with Crippen molar-refractivity contribution in [2.24, 2.45) is 5.73 Å². The number of carbonyl (C=O) groups excluding carboxylic acids is 1. The highest BCUT2D eigenvalue weighted by atomic mass is 19.4. The third kappa shape index (κ3) is 7.63. The summed E-state index contributed by atoms with van der Waals surface area (Å²) in [6, 6.07) is 5.11. The van der Waals surface area contributed by atoms with Gasteiger partial charge in [-0.05, 0) is 37.1 Å². The summed E-state index contributed by atoms with van der Waals surface area (Å²) in [7, 11) is 0. The van der Waals surface area contributed by atoms with Crippen LogP contribution in [0.4, 0.5) is 24.7 Å². The van der Waals surface area contributed by atoms with Gasteiger partial charge in [0.05, 0.1) is 24.1 Å². The van der Waals surface area contributed by atoms with E-state index in [-0.39, 0.29) is 48.3 Å². The predicted molar refractivity (Wildman–Crippen MR) is 146 cm³/mol. The smallest absolute Gasteiger partial charge is 0.435 e. The maximum Gasteiger partial charge on any atom is 0.435 e. The number of aryl methyl sites for hydroxylation is 1. The van der Waals surface area contributed by atoms with Crippen molar-refractivity contribution in [2.45, 2.75) is 33.0 Å². The predicted octanol–water partition coefficient (Wildman–Crippen LogP) is 3.06. The lowest BCUT2D eigenvalue weighted by atomic mass is 10.0. The van der Waals surface area contributed by atoms with E-state index in [1.807, 2.05) is 6.92 Å². The molecule has 1 aromatic carbocycles. The molecule has 3 heterocycles. The van der Waals surface area contributed by atoms with Crippen LogP contribution in [-0.4, -0.2) is 77.5 Å². The molecule has 4 aromatic rings. The number of hydroxylamine groups is 2. The average Bonchev–Trinajstić information content (AvgIpc) is 3.58. The van der Waals surface area contributed by atoms with Crippen LogP contribution in [0.3, 0.4) is 0 Å². The Morgan fingerprint density at radius 2 is 1.95 bits per heavy atom. The first-order valence-electron chi connectivity index (χ1n) is 12.8. The number of aliphatic carboxylic acids is 1. The van der Waals surface area contributed by atoms with Crippen LogP contribution in [0.2, 0.25) is 0 Å². The zero-order valence-electron chi connectivity index (χ0n) is 23.1. The van der Waals surface area contributed by atoms with E-state index < -0.39 is 24.4 Å². The summed E-state index contributed by atoms with van der Waals surface area (Å²) >= 11 is 0. The average molecular weight is 607 g/mol. The number of nitrogens with one attached hydrogen (secondary N) is 1. The van der Waals surface area contributed by atoms with E-state index in [2.05, 4.69) is 20.4 Å². The summed E-state index contributed by atoms with van der Waals surface area (Å²) in [6.07, 6.45) is 0.805. The van der Waals surface area contributed by atoms with Crippen LogP contribution < -0.4 is 11.1 Å². The molecule has 4 rings (SSSR count). The van der Waals surface area contributed by atoms with Gasteiger partial charge in [-0.15, -0.1) is 0 Å². The molecule has 0 saturated heterocycles. The van der Waals surface area contributed by atoms with E-state index in [0.717, 1.165) is 16.4 Å². The number of alkyl halides is 3. The topological polar surface area (TPSA) is 190 Å². The highest BCUT2D eigenvalue weighted by Gasteiger charge is 2.38. The number of aromatic nitrogens is 5. The molecule has 0 atom stereocenters. The largest absolute Gasteiger partial charge is 0.483 e. The van der Waals surface area contributed by atoms with Crippen LogP contribution in [0.1, 0.15) is 35.5 Å². The minimum Gasteiger partial charge on any atom is -0.483 e. The minimum absolute atomic E-state index is 0.0525. The number of anilines is 2. The summed E-state index contributed by atoms with van der Waals surface area (Å²) in [5.41, 5.74) is 5.97. The molecular formula is C26H29F3N8O6. The van der Waals surface area contributed by atoms with Crippen LogP contribution >= 0.6 is 0 Å². The molecule has 0 aliphatic heterocycles. The molecule has 0 aliphatic rings. The number of imidazole rings is 1. The van der Waals surface area contributed by atoms with Crippen molar-refractivity contribution in [1.29, 1.82) is 0 Å². The number of hydrogen-bond donors (Lipinski definition) is 4. The summed E-state index contributed by atoms with van der Waals surface area (Å²) in [5.74, 6) is -1.38. The Morgan fingerprint density at radius 3 is 2.56 bits per heavy atom. The van der Waals surface area contributed by atoms with Gasteiger partial charge in [-0.2, -0.15) is 18.3 Å². The molecule has 230 valence electrons. The van der Waals surface area contributed by atoms with Gasteiger partial charge in [-0.3, -0.25) is 28.3 Å². The number of fused-ring (bicyclic) bond motifs is 1. The minimum atomic E-state index is -4.82. The van der Waals surface area contributed by atoms with Gasteiger partial charge in [0.15, 0.2) is 17.2 Å². The highest BCUT2D eigenvalue weighted by Crippen LogP contribution is 2.37. The van der Waals surface area contributed by atoms with Crippen LogP contribution in [0.5, 0.6) is 0 Å². The Bertz CT molecular complexity index is 1590. The summed E-state index contributed by atoms with van der Waals surface area (Å²) in [5, 5.41) is 23.7. The van der Waals surface area contributed by atoms with Crippen molar-refractivity contribution < 1.29 is 42.6 Å². The number of amides is 1. The van der Waals surface area contributed by atoms with E-state index in [9.17, 15) is 22.8 Å². The molecule has 0 aliphatic carbocycles. The normalized spacial score (nSPS) is 11.1. The van der Waals surface area contributed by atoms with E-state index >= 15 is 0 Å². The zero-order chi connectivity index (χ0) is 31.7. The lowest BCUT2D eigenvalue weighted by molar-refractivity contribution is -0.142. The van der Waals surface area contributed by atoms with Crippen LogP contribution in [0, 0.1) is 0 Å². The third-order valence-corrected chi connectivity index (χ3v) is 5.89. The Morgan fingerprint density at radius 1 is 1.23 bits per heavy atom. The standard InChI is InChI=1S/C25H27F3N8O4.CH2O2/c1-3-15-11-16(5-6-17(15)24(39)36(4-2)40-10-7-29)32-22-23-31-12-19(35(23)9-8-30-22)18-13-34(14-20(37)38)33-21(18)25(26,27)28;2-1-3/h5-6,8-9,11-13H,3-4,7,10,14,29H2,1-2H3,(H,30,32)(H,37,38);1H,(H,2,3). The molecule has 0 bridgehead atoms. The van der Waals surface area contributed by atoms with E-state index in [4.69, 9.17) is 25.6 Å². The van der Waals surface area contributed by atoms with Gasteiger partial charge in [0.2, 0.25) is 0 Å². The van der Waals surface area contributed by atoms with Crippen LogP contribution in [0.15, 0.2) is 43.0 Å². The van der Waals surface area contributed by atoms with Crippen LogP contribution in [-0.2, 0) is 33.6 Å². The van der Waals surface area contributed by atoms with Crippen molar-refractivity contribution in [2.75, 3.05) is 25.0 Å². The van der Waals surface area contributed by atoms with Gasteiger partial charge in [0.25, 0.3) is 12.4 Å². The molecule has 5 N–H and O–H groups in total. The van der Waals surface area contributed by atoms with Gasteiger partial charge >= 0.3 is 12.1 Å². The monoisotopic (exact) mass is 606 g/mol. The first kappa shape index (κ1) is 32.5. The van der Waals surface area contributed by atoms with Crippen molar-refractivity contribution >= 4 is 35.5 Å². The number of rotatable bonds is 11. The zero-order valence-corrected chi connectivity index (χ0v) is 23.1. The van der Waals surface area contributed by atoms with Gasteiger partial charge in [-0.1, -0.05) is 6.92 Å². The van der Waals surface area contributed by atoms with E-state index in [1.165, 1.54) is 28.1 Å². The van der Waals surface area contributed by atoms with Gasteiger partial charge < -0.3 is 21.3 Å². The fourth-order valence-electron chi connectivity index (χ4n) is 4.14. The molecule has 43 heavy (non-hydrogen) atoms. The molecule has 14 nitrogen and oxygen atoms in total. The van der Waals surface area contributed by atoms with Gasteiger partial charge in [0.1, 0.15) is 6.54 Å². The van der Waals surface area contributed by atoms with Gasteiger partial charge in [0, 0.05) is 42.9 Å². The van der Waals surface area contributed by atoms with E-state index in [0.29, 0.717) is 24.2 Å². The number of carbonyl (C=O) groups is 3. The number of carboxylic acids is 1. The highest BCUT2D eigenvalue weighted by molar-refractivity contribution is 5.95. The summed E-state index contributed by atoms with van der Waals surface area (Å²) in [6.45, 7) is 3.51. The lowest BCUT2D eigenvalue weighted by Gasteiger charge is -2.21. The van der Waals surface area contributed by atoms with Crippen molar-refractivity contribution in [3.05, 3.63) is 59.8 Å². The molecule has 1 amide bonds. The SMILES string of the molecule is CCc1cc(Nc2nccn3c(-c4cn(CC(=O)O)nc4C(F)(F)F)cnc23)ccc1C(=O)N(CC)OCCN.O=CO. The molecule has 3 aromatic heterocycles. The fraction of sp³-hybridized carbons (Fsp3) is 0.308. The number of nitrogens with zero attached hydrogens (tertiary/aromatic N) is 6. The second kappa shape index (κ2) is 14.2. The number of halogens is 3. The Labute approximate surface area is 242 Å². The second-order valence-electron chi connectivity index (χ2n) is 8.67. The first-order chi connectivity index (χ1) is 20.5. The molecule has 0 spiro atoms. The molecule has 17 heteroatoms. The van der Waals surface area contributed by atoms with Crippen molar-refractivity contribution in [3.8, 4) is 11.3 Å². The molecule has 0 saturated carbocycles. The maximum absolute atomic E-state index is 13.7. The fourth-order valence-corrected chi connectivity index (χ4v) is 4.14. The number of hydrogen-bond acceptors (Lipinski definition) is 9. The van der Waals surface area contributed by atoms with Crippen molar-refractivity contribution in [1.82, 2.24) is 29.2 Å². The third-order valence-electron chi connectivity index (χ3n) is 5.89. The second-order valence-corrected chi connectivity index (χ2v) is 8.67. The quantitative estimate of drug-likeness (QED) is 0.145. The number of nitrogens with two attached hydrogens (primary N) is 1. The van der Waals surface area contributed by atoms with Crippen LogP contribution in [0.25, 0.3) is 16.9 Å².